The maximum absolute atomic E-state index is 4.64. The minimum Gasteiger partial charge on any atom is -0.346 e. The number of nitrogens with zero attached hydrogens (tertiary/aromatic N) is 4. The van der Waals surface area contributed by atoms with Crippen molar-refractivity contribution >= 4 is 17.2 Å². The van der Waals surface area contributed by atoms with E-state index < -0.39 is 0 Å². The second-order valence-electron chi connectivity index (χ2n) is 5.28. The van der Waals surface area contributed by atoms with E-state index in [1.54, 1.807) is 11.3 Å². The van der Waals surface area contributed by atoms with Gasteiger partial charge in [0.15, 0.2) is 5.82 Å². The van der Waals surface area contributed by atoms with Crippen molar-refractivity contribution in [1.29, 1.82) is 0 Å². The third-order valence-electron chi connectivity index (χ3n) is 3.74. The first-order valence-corrected chi connectivity index (χ1v) is 8.17. The van der Waals surface area contributed by atoms with Crippen LogP contribution in [0.4, 0.5) is 5.82 Å². The fourth-order valence-electron chi connectivity index (χ4n) is 2.78. The lowest BCUT2D eigenvalue weighted by molar-refractivity contribution is 0.683. The van der Waals surface area contributed by atoms with Gasteiger partial charge in [-0.2, -0.15) is 5.10 Å². The summed E-state index contributed by atoms with van der Waals surface area (Å²) in [5.74, 6) is 0.984. The SMILES string of the molecule is CCCc1ccc(N2CCC[C@@H]2c2csc(C)n2)nn1. The van der Waals surface area contributed by atoms with Crippen molar-refractivity contribution in [3.63, 3.8) is 0 Å². The fraction of sp³-hybridized carbons (Fsp3) is 0.533. The molecule has 0 spiro atoms. The summed E-state index contributed by atoms with van der Waals surface area (Å²) < 4.78 is 0. The summed E-state index contributed by atoms with van der Waals surface area (Å²) in [6.45, 7) is 5.27. The Labute approximate surface area is 123 Å². The first-order valence-electron chi connectivity index (χ1n) is 7.29. The summed E-state index contributed by atoms with van der Waals surface area (Å²) in [6.07, 6.45) is 4.46. The van der Waals surface area contributed by atoms with E-state index in [0.29, 0.717) is 6.04 Å². The lowest BCUT2D eigenvalue weighted by Crippen LogP contribution is -2.24. The molecule has 0 aliphatic carbocycles. The number of aromatic nitrogens is 3. The highest BCUT2D eigenvalue weighted by molar-refractivity contribution is 7.09. The highest BCUT2D eigenvalue weighted by Gasteiger charge is 2.28. The minimum atomic E-state index is 0.367. The van der Waals surface area contributed by atoms with Crippen molar-refractivity contribution in [3.05, 3.63) is 33.9 Å². The molecule has 3 rings (SSSR count). The molecule has 0 unspecified atom stereocenters. The minimum absolute atomic E-state index is 0.367. The molecule has 0 amide bonds. The maximum Gasteiger partial charge on any atom is 0.151 e. The molecule has 1 fully saturated rings. The summed E-state index contributed by atoms with van der Waals surface area (Å²) in [5.41, 5.74) is 2.26. The van der Waals surface area contributed by atoms with E-state index in [1.165, 1.54) is 12.1 Å². The normalized spacial score (nSPS) is 18.7. The molecule has 1 aliphatic heterocycles. The quantitative estimate of drug-likeness (QED) is 0.863. The number of aryl methyl sites for hydroxylation is 2. The van der Waals surface area contributed by atoms with Crippen LogP contribution in [-0.2, 0) is 6.42 Å². The average Bonchev–Trinajstić information content (AvgIpc) is 3.08. The highest BCUT2D eigenvalue weighted by atomic mass is 32.1. The van der Waals surface area contributed by atoms with Gasteiger partial charge in [0, 0.05) is 11.9 Å². The second kappa shape index (κ2) is 5.87. The Morgan fingerprint density at radius 3 is 2.90 bits per heavy atom. The Hall–Kier alpha value is -1.49. The molecule has 1 aliphatic rings. The van der Waals surface area contributed by atoms with Gasteiger partial charge in [-0.25, -0.2) is 4.98 Å². The first kappa shape index (κ1) is 13.5. The van der Waals surface area contributed by atoms with Gasteiger partial charge in [0.1, 0.15) is 0 Å². The lowest BCUT2D eigenvalue weighted by atomic mass is 10.1. The van der Waals surface area contributed by atoms with Crippen LogP contribution in [0, 0.1) is 6.92 Å². The molecule has 106 valence electrons. The third-order valence-corrected chi connectivity index (χ3v) is 4.53. The van der Waals surface area contributed by atoms with Crippen LogP contribution in [0.3, 0.4) is 0 Å². The molecule has 2 aromatic heterocycles. The Bertz CT molecular complexity index is 564. The molecule has 3 heterocycles. The summed E-state index contributed by atoms with van der Waals surface area (Å²) >= 11 is 1.72. The molecule has 1 saturated heterocycles. The van der Waals surface area contributed by atoms with Gasteiger partial charge in [-0.05, 0) is 38.3 Å². The van der Waals surface area contributed by atoms with Gasteiger partial charge < -0.3 is 4.90 Å². The van der Waals surface area contributed by atoms with Crippen LogP contribution >= 0.6 is 11.3 Å². The molecule has 0 aromatic carbocycles. The van der Waals surface area contributed by atoms with E-state index in [2.05, 4.69) is 51.4 Å². The van der Waals surface area contributed by atoms with Crippen LogP contribution in [-0.4, -0.2) is 21.7 Å². The largest absolute Gasteiger partial charge is 0.346 e. The van der Waals surface area contributed by atoms with Gasteiger partial charge in [-0.15, -0.1) is 16.4 Å². The summed E-state index contributed by atoms with van der Waals surface area (Å²) in [4.78, 5) is 6.99. The van der Waals surface area contributed by atoms with Gasteiger partial charge in [0.25, 0.3) is 0 Å². The topological polar surface area (TPSA) is 41.9 Å². The Morgan fingerprint density at radius 2 is 2.25 bits per heavy atom. The molecule has 0 bridgehead atoms. The number of hydrogen-bond donors (Lipinski definition) is 0. The van der Waals surface area contributed by atoms with Crippen LogP contribution in [0.5, 0.6) is 0 Å². The van der Waals surface area contributed by atoms with Crippen molar-refractivity contribution in [2.75, 3.05) is 11.4 Å². The summed E-state index contributed by atoms with van der Waals surface area (Å²) in [6, 6.07) is 4.58. The monoisotopic (exact) mass is 288 g/mol. The number of hydrogen-bond acceptors (Lipinski definition) is 5. The fourth-order valence-corrected chi connectivity index (χ4v) is 3.44. The van der Waals surface area contributed by atoms with E-state index in [1.807, 2.05) is 0 Å². The Kier molecular flexibility index (Phi) is 3.96. The lowest BCUT2D eigenvalue weighted by Gasteiger charge is -2.24. The van der Waals surface area contributed by atoms with Crippen molar-refractivity contribution in [2.45, 2.75) is 45.6 Å². The van der Waals surface area contributed by atoms with Crippen LogP contribution in [0.25, 0.3) is 0 Å². The van der Waals surface area contributed by atoms with Gasteiger partial charge in [0.2, 0.25) is 0 Å². The first-order chi connectivity index (χ1) is 9.78. The number of anilines is 1. The molecule has 4 nitrogen and oxygen atoms in total. The number of thiazole rings is 1. The highest BCUT2D eigenvalue weighted by Crippen LogP contribution is 2.35. The standard InChI is InChI=1S/C15H20N4S/c1-3-5-12-7-8-15(18-17-12)19-9-4-6-14(19)13-10-20-11(2)16-13/h7-8,10,14H,3-6,9H2,1-2H3/t14-/m1/s1. The van der Waals surface area contributed by atoms with E-state index in [9.17, 15) is 0 Å². The number of rotatable bonds is 4. The molecular formula is C15H20N4S. The van der Waals surface area contributed by atoms with E-state index in [0.717, 1.165) is 42.3 Å². The van der Waals surface area contributed by atoms with Crippen LogP contribution < -0.4 is 4.90 Å². The zero-order valence-corrected chi connectivity index (χ0v) is 12.9. The average molecular weight is 288 g/mol. The molecule has 5 heteroatoms. The van der Waals surface area contributed by atoms with Gasteiger partial charge in [-0.1, -0.05) is 13.3 Å². The summed E-state index contributed by atoms with van der Waals surface area (Å²) in [5, 5.41) is 12.1. The summed E-state index contributed by atoms with van der Waals surface area (Å²) in [7, 11) is 0. The van der Waals surface area contributed by atoms with E-state index in [-0.39, 0.29) is 0 Å². The molecule has 0 saturated carbocycles. The van der Waals surface area contributed by atoms with E-state index in [4.69, 9.17) is 0 Å². The Morgan fingerprint density at radius 1 is 1.35 bits per heavy atom. The zero-order valence-electron chi connectivity index (χ0n) is 12.0. The van der Waals surface area contributed by atoms with Crippen LogP contribution in [0.2, 0.25) is 0 Å². The van der Waals surface area contributed by atoms with Crippen molar-refractivity contribution in [1.82, 2.24) is 15.2 Å². The zero-order chi connectivity index (χ0) is 13.9. The molecule has 1 atom stereocenters. The smallest absolute Gasteiger partial charge is 0.151 e. The third kappa shape index (κ3) is 2.68. The van der Waals surface area contributed by atoms with Crippen LogP contribution in [0.15, 0.2) is 17.5 Å². The van der Waals surface area contributed by atoms with Crippen molar-refractivity contribution in [3.8, 4) is 0 Å². The Balaban J connectivity index is 1.81. The predicted octanol–water partition coefficient (Wildman–Crippen LogP) is 3.54. The molecule has 20 heavy (non-hydrogen) atoms. The second-order valence-corrected chi connectivity index (χ2v) is 6.34. The van der Waals surface area contributed by atoms with Crippen LogP contribution in [0.1, 0.15) is 48.6 Å². The molecule has 0 N–H and O–H groups in total. The van der Waals surface area contributed by atoms with Crippen molar-refractivity contribution < 1.29 is 0 Å². The molecule has 0 radical (unpaired) electrons. The van der Waals surface area contributed by atoms with Gasteiger partial charge in [-0.3, -0.25) is 0 Å². The van der Waals surface area contributed by atoms with Crippen molar-refractivity contribution in [2.24, 2.45) is 0 Å². The van der Waals surface area contributed by atoms with Gasteiger partial charge >= 0.3 is 0 Å². The van der Waals surface area contributed by atoms with Gasteiger partial charge in [0.05, 0.1) is 22.4 Å². The van der Waals surface area contributed by atoms with E-state index >= 15 is 0 Å². The molecule has 2 aromatic rings. The predicted molar refractivity (Wildman–Crippen MR) is 82.2 cm³/mol. The molecular weight excluding hydrogens is 268 g/mol. The maximum atomic E-state index is 4.64.